The maximum absolute atomic E-state index is 12.0. The molecule has 1 N–H and O–H groups in total. The van der Waals surface area contributed by atoms with Crippen LogP contribution in [0.2, 0.25) is 0 Å². The minimum Gasteiger partial charge on any atom is -0.444 e. The standard InChI is InChI=1S/C12H22N2O3/c1-5-9-8-13-10(15)6-7-14(9)11(16)17-12(2,3)4/h9H,5-8H2,1-4H3,(H,13,15). The van der Waals surface area contributed by atoms with Gasteiger partial charge in [0.05, 0.1) is 6.04 Å². The van der Waals surface area contributed by atoms with E-state index in [0.29, 0.717) is 19.5 Å². The van der Waals surface area contributed by atoms with Crippen LogP contribution < -0.4 is 5.32 Å². The van der Waals surface area contributed by atoms with Crippen LogP contribution in [0.1, 0.15) is 40.5 Å². The van der Waals surface area contributed by atoms with Crippen LogP contribution in [0.3, 0.4) is 0 Å². The third-order valence-corrected chi connectivity index (χ3v) is 2.65. The molecule has 1 atom stereocenters. The Balaban J connectivity index is 2.70. The van der Waals surface area contributed by atoms with E-state index in [2.05, 4.69) is 5.32 Å². The molecule has 0 aromatic carbocycles. The molecule has 1 saturated heterocycles. The Morgan fingerprint density at radius 3 is 2.71 bits per heavy atom. The first-order valence-electron chi connectivity index (χ1n) is 6.10. The maximum atomic E-state index is 12.0. The van der Waals surface area contributed by atoms with E-state index in [9.17, 15) is 9.59 Å². The Morgan fingerprint density at radius 1 is 1.53 bits per heavy atom. The Kier molecular flexibility index (Phi) is 4.37. The van der Waals surface area contributed by atoms with E-state index in [4.69, 9.17) is 4.74 Å². The molecule has 5 heteroatoms. The monoisotopic (exact) mass is 242 g/mol. The van der Waals surface area contributed by atoms with E-state index in [0.717, 1.165) is 6.42 Å². The van der Waals surface area contributed by atoms with Gasteiger partial charge in [-0.2, -0.15) is 0 Å². The molecule has 1 rings (SSSR count). The van der Waals surface area contributed by atoms with Crippen LogP contribution in [0, 0.1) is 0 Å². The lowest BCUT2D eigenvalue weighted by Gasteiger charge is -2.31. The topological polar surface area (TPSA) is 58.6 Å². The number of nitrogens with zero attached hydrogens (tertiary/aromatic N) is 1. The highest BCUT2D eigenvalue weighted by Crippen LogP contribution is 2.15. The van der Waals surface area contributed by atoms with Crippen molar-refractivity contribution in [1.29, 1.82) is 0 Å². The molecule has 2 amide bonds. The molecule has 1 heterocycles. The van der Waals surface area contributed by atoms with Gasteiger partial charge in [-0.25, -0.2) is 4.79 Å². The van der Waals surface area contributed by atoms with Gasteiger partial charge in [0.1, 0.15) is 5.60 Å². The quantitative estimate of drug-likeness (QED) is 0.758. The highest BCUT2D eigenvalue weighted by molar-refractivity contribution is 5.78. The Morgan fingerprint density at radius 2 is 2.18 bits per heavy atom. The van der Waals surface area contributed by atoms with Crippen molar-refractivity contribution in [1.82, 2.24) is 10.2 Å². The summed E-state index contributed by atoms with van der Waals surface area (Å²) in [5.41, 5.74) is -0.501. The number of rotatable bonds is 1. The molecule has 1 aliphatic heterocycles. The molecule has 0 bridgehead atoms. The largest absolute Gasteiger partial charge is 0.444 e. The van der Waals surface area contributed by atoms with E-state index in [1.807, 2.05) is 27.7 Å². The van der Waals surface area contributed by atoms with Gasteiger partial charge in [-0.05, 0) is 27.2 Å². The number of hydrogen-bond donors (Lipinski definition) is 1. The average molecular weight is 242 g/mol. The van der Waals surface area contributed by atoms with Crippen molar-refractivity contribution in [2.45, 2.75) is 52.2 Å². The zero-order chi connectivity index (χ0) is 13.1. The predicted molar refractivity (Wildman–Crippen MR) is 64.6 cm³/mol. The van der Waals surface area contributed by atoms with Gasteiger partial charge >= 0.3 is 6.09 Å². The molecule has 0 spiro atoms. The third-order valence-electron chi connectivity index (χ3n) is 2.65. The molecule has 1 fully saturated rings. The molecule has 0 aromatic heterocycles. The fraction of sp³-hybridized carbons (Fsp3) is 0.833. The lowest BCUT2D eigenvalue weighted by Crippen LogP contribution is -2.45. The maximum Gasteiger partial charge on any atom is 0.410 e. The van der Waals surface area contributed by atoms with Crippen molar-refractivity contribution in [3.05, 3.63) is 0 Å². The Bertz CT molecular complexity index is 297. The Hall–Kier alpha value is -1.26. The van der Waals surface area contributed by atoms with E-state index >= 15 is 0 Å². The second-order valence-electron chi connectivity index (χ2n) is 5.29. The smallest absolute Gasteiger partial charge is 0.410 e. The van der Waals surface area contributed by atoms with Gasteiger partial charge in [-0.3, -0.25) is 4.79 Å². The first-order chi connectivity index (χ1) is 7.83. The van der Waals surface area contributed by atoms with Crippen LogP contribution in [0.4, 0.5) is 4.79 Å². The van der Waals surface area contributed by atoms with Gasteiger partial charge in [-0.1, -0.05) is 6.92 Å². The highest BCUT2D eigenvalue weighted by Gasteiger charge is 2.29. The van der Waals surface area contributed by atoms with Crippen LogP contribution in [0.25, 0.3) is 0 Å². The minimum atomic E-state index is -0.501. The van der Waals surface area contributed by atoms with Gasteiger partial charge in [0.2, 0.25) is 5.91 Å². The number of carbonyl (C=O) groups is 2. The number of hydrogen-bond acceptors (Lipinski definition) is 3. The van der Waals surface area contributed by atoms with Crippen LogP contribution in [-0.4, -0.2) is 41.6 Å². The SMILES string of the molecule is CCC1CNC(=O)CCN1C(=O)OC(C)(C)C. The summed E-state index contributed by atoms with van der Waals surface area (Å²) in [6.07, 6.45) is 0.816. The van der Waals surface area contributed by atoms with Crippen LogP contribution in [-0.2, 0) is 9.53 Å². The molecule has 98 valence electrons. The fourth-order valence-electron chi connectivity index (χ4n) is 1.76. The number of nitrogens with one attached hydrogen (secondary N) is 1. The lowest BCUT2D eigenvalue weighted by molar-refractivity contribution is -0.120. The van der Waals surface area contributed by atoms with Crippen molar-refractivity contribution in [3.8, 4) is 0 Å². The van der Waals surface area contributed by atoms with Crippen LogP contribution >= 0.6 is 0 Å². The summed E-state index contributed by atoms with van der Waals surface area (Å²) in [5.74, 6) is -0.00508. The van der Waals surface area contributed by atoms with E-state index in [1.54, 1.807) is 4.90 Å². The fourth-order valence-corrected chi connectivity index (χ4v) is 1.76. The molecule has 0 radical (unpaired) electrons. The van der Waals surface area contributed by atoms with Gasteiger partial charge in [0, 0.05) is 19.5 Å². The number of amides is 2. The second-order valence-corrected chi connectivity index (χ2v) is 5.29. The summed E-state index contributed by atoms with van der Waals surface area (Å²) in [7, 11) is 0. The van der Waals surface area contributed by atoms with Gasteiger partial charge in [-0.15, -0.1) is 0 Å². The zero-order valence-corrected chi connectivity index (χ0v) is 11.1. The summed E-state index contributed by atoms with van der Waals surface area (Å²) in [5, 5.41) is 2.80. The number of carbonyl (C=O) groups excluding carboxylic acids is 2. The normalized spacial score (nSPS) is 21.8. The molecule has 0 aromatic rings. The second kappa shape index (κ2) is 5.38. The molecule has 1 unspecified atom stereocenters. The van der Waals surface area contributed by atoms with Crippen molar-refractivity contribution in [3.63, 3.8) is 0 Å². The first-order valence-corrected chi connectivity index (χ1v) is 6.10. The van der Waals surface area contributed by atoms with Crippen LogP contribution in [0.15, 0.2) is 0 Å². The summed E-state index contributed by atoms with van der Waals surface area (Å²) < 4.78 is 5.35. The summed E-state index contributed by atoms with van der Waals surface area (Å²) >= 11 is 0. The van der Waals surface area contributed by atoms with Gasteiger partial charge < -0.3 is 15.0 Å². The average Bonchev–Trinajstić information content (AvgIpc) is 2.37. The van der Waals surface area contributed by atoms with Crippen molar-refractivity contribution >= 4 is 12.0 Å². The van der Waals surface area contributed by atoms with Crippen LogP contribution in [0.5, 0.6) is 0 Å². The van der Waals surface area contributed by atoms with Crippen molar-refractivity contribution < 1.29 is 14.3 Å². The zero-order valence-electron chi connectivity index (χ0n) is 11.1. The molecular weight excluding hydrogens is 220 g/mol. The van der Waals surface area contributed by atoms with Gasteiger partial charge in [0.25, 0.3) is 0 Å². The van der Waals surface area contributed by atoms with Crippen molar-refractivity contribution in [2.24, 2.45) is 0 Å². The summed E-state index contributed by atoms with van der Waals surface area (Å²) in [6.45, 7) is 8.46. The molecule has 17 heavy (non-hydrogen) atoms. The summed E-state index contributed by atoms with van der Waals surface area (Å²) in [4.78, 5) is 25.0. The van der Waals surface area contributed by atoms with Crippen molar-refractivity contribution in [2.75, 3.05) is 13.1 Å². The molecular formula is C12H22N2O3. The highest BCUT2D eigenvalue weighted by atomic mass is 16.6. The predicted octanol–water partition coefficient (Wildman–Crippen LogP) is 1.52. The molecule has 1 aliphatic rings. The minimum absolute atomic E-state index is 0.00508. The molecule has 5 nitrogen and oxygen atoms in total. The Labute approximate surface area is 102 Å². The van der Waals surface area contributed by atoms with Gasteiger partial charge in [0.15, 0.2) is 0 Å². The summed E-state index contributed by atoms with van der Waals surface area (Å²) in [6, 6.07) is 0.0244. The molecule has 0 saturated carbocycles. The van der Waals surface area contributed by atoms with E-state index in [-0.39, 0.29) is 18.0 Å². The van der Waals surface area contributed by atoms with E-state index in [1.165, 1.54) is 0 Å². The number of ether oxygens (including phenoxy) is 1. The molecule has 0 aliphatic carbocycles. The third kappa shape index (κ3) is 4.24. The lowest BCUT2D eigenvalue weighted by atomic mass is 10.2. The van der Waals surface area contributed by atoms with E-state index < -0.39 is 5.60 Å². The first kappa shape index (κ1) is 13.8.